The van der Waals surface area contributed by atoms with E-state index in [0.717, 1.165) is 29.6 Å². The molecule has 2 nitrogen and oxygen atoms in total. The van der Waals surface area contributed by atoms with E-state index in [2.05, 4.69) is 26.2 Å². The first-order valence-electron chi connectivity index (χ1n) is 9.61. The Morgan fingerprint density at radius 1 is 0.952 bits per heavy atom. The molecule has 0 aromatic heterocycles. The molecule has 0 heterocycles. The van der Waals surface area contributed by atoms with Crippen molar-refractivity contribution in [1.82, 2.24) is 5.43 Å². The summed E-state index contributed by atoms with van der Waals surface area (Å²) in [6.45, 7) is 7.17. The van der Waals surface area contributed by atoms with Crippen molar-refractivity contribution >= 4 is 0 Å². The maximum Gasteiger partial charge on any atom is 0.0267 e. The van der Waals surface area contributed by atoms with Crippen LogP contribution in [0.25, 0.3) is 0 Å². The predicted octanol–water partition coefficient (Wildman–Crippen LogP) is 4.89. The largest absolute Gasteiger partial charge is 0.271 e. The van der Waals surface area contributed by atoms with E-state index in [1.165, 1.54) is 64.2 Å². The molecule has 0 radical (unpaired) electrons. The third-order valence-corrected chi connectivity index (χ3v) is 6.70. The van der Waals surface area contributed by atoms with Gasteiger partial charge in [0.2, 0.25) is 0 Å². The summed E-state index contributed by atoms with van der Waals surface area (Å²) in [6, 6.07) is 0.576. The number of hydrazine groups is 1. The van der Waals surface area contributed by atoms with Crippen LogP contribution in [0.15, 0.2) is 0 Å². The SMILES string of the molecule is CCCCC1CCC(C(NN)C2CCC(C)C(C)C2)CC1. The first kappa shape index (κ1) is 17.3. The second kappa shape index (κ2) is 8.53. The van der Waals surface area contributed by atoms with Crippen LogP contribution in [0.4, 0.5) is 0 Å². The molecular formula is C19H38N2. The van der Waals surface area contributed by atoms with E-state index in [9.17, 15) is 0 Å². The molecule has 0 aromatic carbocycles. The molecule has 3 N–H and O–H groups in total. The zero-order chi connectivity index (χ0) is 15.2. The molecule has 2 fully saturated rings. The van der Waals surface area contributed by atoms with Gasteiger partial charge >= 0.3 is 0 Å². The highest BCUT2D eigenvalue weighted by Gasteiger charge is 2.35. The average Bonchev–Trinajstić information content (AvgIpc) is 2.50. The Bertz CT molecular complexity index is 283. The second-order valence-electron chi connectivity index (χ2n) is 8.14. The lowest BCUT2D eigenvalue weighted by molar-refractivity contribution is 0.113. The summed E-state index contributed by atoms with van der Waals surface area (Å²) < 4.78 is 0. The van der Waals surface area contributed by atoms with Crippen LogP contribution in [0, 0.1) is 29.6 Å². The fraction of sp³-hybridized carbons (Fsp3) is 1.00. The van der Waals surface area contributed by atoms with Gasteiger partial charge in [0.05, 0.1) is 0 Å². The molecule has 2 heteroatoms. The van der Waals surface area contributed by atoms with Crippen LogP contribution in [0.2, 0.25) is 0 Å². The highest BCUT2D eigenvalue weighted by molar-refractivity contribution is 4.89. The number of hydrogen-bond donors (Lipinski definition) is 2. The van der Waals surface area contributed by atoms with Crippen LogP contribution >= 0.6 is 0 Å². The Kier molecular flexibility index (Phi) is 7.01. The van der Waals surface area contributed by atoms with Gasteiger partial charge in [0.15, 0.2) is 0 Å². The third-order valence-electron chi connectivity index (χ3n) is 6.70. The minimum atomic E-state index is 0.576. The van der Waals surface area contributed by atoms with Crippen molar-refractivity contribution in [1.29, 1.82) is 0 Å². The quantitative estimate of drug-likeness (QED) is 0.541. The number of nitrogens with one attached hydrogen (secondary N) is 1. The first-order valence-corrected chi connectivity index (χ1v) is 9.61. The minimum absolute atomic E-state index is 0.576. The van der Waals surface area contributed by atoms with Crippen molar-refractivity contribution in [2.24, 2.45) is 35.4 Å². The molecule has 2 saturated carbocycles. The van der Waals surface area contributed by atoms with Crippen molar-refractivity contribution < 1.29 is 0 Å². The highest BCUT2D eigenvalue weighted by atomic mass is 15.2. The number of nitrogens with two attached hydrogens (primary N) is 1. The molecule has 0 amide bonds. The summed E-state index contributed by atoms with van der Waals surface area (Å²) in [5, 5.41) is 0. The summed E-state index contributed by atoms with van der Waals surface area (Å²) in [7, 11) is 0. The monoisotopic (exact) mass is 294 g/mol. The third kappa shape index (κ3) is 4.69. The molecule has 2 aliphatic carbocycles. The van der Waals surface area contributed by atoms with Gasteiger partial charge in [0.1, 0.15) is 0 Å². The van der Waals surface area contributed by atoms with Crippen LogP contribution in [0.1, 0.15) is 85.0 Å². The lowest BCUT2D eigenvalue weighted by Gasteiger charge is -2.42. The van der Waals surface area contributed by atoms with Gasteiger partial charge in [-0.2, -0.15) is 0 Å². The van der Waals surface area contributed by atoms with E-state index in [1.54, 1.807) is 0 Å². The van der Waals surface area contributed by atoms with E-state index in [0.29, 0.717) is 6.04 Å². The molecule has 0 aliphatic heterocycles. The molecule has 0 spiro atoms. The maximum absolute atomic E-state index is 5.98. The van der Waals surface area contributed by atoms with Gasteiger partial charge in [-0.05, 0) is 55.3 Å². The van der Waals surface area contributed by atoms with E-state index in [-0.39, 0.29) is 0 Å². The van der Waals surface area contributed by atoms with E-state index < -0.39 is 0 Å². The van der Waals surface area contributed by atoms with Gasteiger partial charge in [-0.25, -0.2) is 0 Å². The predicted molar refractivity (Wildman–Crippen MR) is 91.8 cm³/mol. The molecule has 2 rings (SSSR count). The van der Waals surface area contributed by atoms with Gasteiger partial charge < -0.3 is 0 Å². The van der Waals surface area contributed by atoms with Crippen molar-refractivity contribution in [3.63, 3.8) is 0 Å². The average molecular weight is 295 g/mol. The Labute approximate surface area is 132 Å². The lowest BCUT2D eigenvalue weighted by atomic mass is 9.67. The summed E-state index contributed by atoms with van der Waals surface area (Å²) in [5.74, 6) is 10.4. The summed E-state index contributed by atoms with van der Waals surface area (Å²) in [6.07, 6.45) is 14.1. The topological polar surface area (TPSA) is 38.0 Å². The fourth-order valence-corrected chi connectivity index (χ4v) is 4.90. The maximum atomic E-state index is 5.98. The molecule has 21 heavy (non-hydrogen) atoms. The lowest BCUT2D eigenvalue weighted by Crippen LogP contribution is -2.48. The van der Waals surface area contributed by atoms with E-state index >= 15 is 0 Å². The normalized spacial score (nSPS) is 39.1. The number of hydrogen-bond acceptors (Lipinski definition) is 2. The van der Waals surface area contributed by atoms with E-state index in [4.69, 9.17) is 5.84 Å². The molecule has 0 saturated heterocycles. The Morgan fingerprint density at radius 2 is 1.62 bits per heavy atom. The number of unbranched alkanes of at least 4 members (excludes halogenated alkanes) is 1. The molecule has 2 aliphatic rings. The van der Waals surface area contributed by atoms with Gasteiger partial charge in [0, 0.05) is 6.04 Å². The Balaban J connectivity index is 1.82. The van der Waals surface area contributed by atoms with Gasteiger partial charge in [0.25, 0.3) is 0 Å². The van der Waals surface area contributed by atoms with Crippen molar-refractivity contribution in [2.75, 3.05) is 0 Å². The van der Waals surface area contributed by atoms with Crippen LogP contribution in [-0.2, 0) is 0 Å². The first-order chi connectivity index (χ1) is 10.2. The van der Waals surface area contributed by atoms with Crippen LogP contribution in [0.5, 0.6) is 0 Å². The van der Waals surface area contributed by atoms with Crippen LogP contribution in [0.3, 0.4) is 0 Å². The van der Waals surface area contributed by atoms with Crippen molar-refractivity contribution in [3.8, 4) is 0 Å². The van der Waals surface area contributed by atoms with Crippen molar-refractivity contribution in [2.45, 2.75) is 91.0 Å². The van der Waals surface area contributed by atoms with Crippen LogP contribution < -0.4 is 11.3 Å². The zero-order valence-corrected chi connectivity index (χ0v) is 14.6. The summed E-state index contributed by atoms with van der Waals surface area (Å²) >= 11 is 0. The standard InChI is InChI=1S/C19H38N2/c1-4-5-6-16-8-11-17(12-9-16)19(21-20)18-10-7-14(2)15(3)13-18/h14-19,21H,4-13,20H2,1-3H3. The van der Waals surface area contributed by atoms with Gasteiger partial charge in [-0.1, -0.05) is 59.3 Å². The molecule has 124 valence electrons. The number of rotatable bonds is 6. The van der Waals surface area contributed by atoms with Gasteiger partial charge in [-0.15, -0.1) is 0 Å². The van der Waals surface area contributed by atoms with E-state index in [1.807, 2.05) is 0 Å². The minimum Gasteiger partial charge on any atom is -0.271 e. The molecule has 0 aromatic rings. The summed E-state index contributed by atoms with van der Waals surface area (Å²) in [4.78, 5) is 0. The van der Waals surface area contributed by atoms with Gasteiger partial charge in [-0.3, -0.25) is 11.3 Å². The Hall–Kier alpha value is -0.0800. The fourth-order valence-electron chi connectivity index (χ4n) is 4.90. The van der Waals surface area contributed by atoms with Crippen LogP contribution in [-0.4, -0.2) is 6.04 Å². The zero-order valence-electron chi connectivity index (χ0n) is 14.6. The molecule has 4 unspecified atom stereocenters. The molecule has 4 atom stereocenters. The summed E-state index contributed by atoms with van der Waals surface area (Å²) in [5.41, 5.74) is 3.23. The molecule has 0 bridgehead atoms. The molecular weight excluding hydrogens is 256 g/mol. The highest BCUT2D eigenvalue weighted by Crippen LogP contribution is 2.41. The Morgan fingerprint density at radius 3 is 2.19 bits per heavy atom. The smallest absolute Gasteiger partial charge is 0.0267 e. The van der Waals surface area contributed by atoms with Crippen molar-refractivity contribution in [3.05, 3.63) is 0 Å². The second-order valence-corrected chi connectivity index (χ2v) is 8.14.